The molecule has 1 N–H and O–H groups in total. The predicted octanol–water partition coefficient (Wildman–Crippen LogP) is 2.42. The average molecular weight is 404 g/mol. The van der Waals surface area contributed by atoms with Gasteiger partial charge in [-0.05, 0) is 48.7 Å². The molecule has 0 spiro atoms. The maximum Gasteiger partial charge on any atom is 0.255 e. The summed E-state index contributed by atoms with van der Waals surface area (Å²) in [7, 11) is -0.572. The van der Waals surface area contributed by atoms with Gasteiger partial charge in [0.25, 0.3) is 5.91 Å². The zero-order valence-corrected chi connectivity index (χ0v) is 16.8. The Morgan fingerprint density at radius 3 is 2.32 bits per heavy atom. The van der Waals surface area contributed by atoms with Crippen molar-refractivity contribution in [2.45, 2.75) is 24.3 Å². The van der Waals surface area contributed by atoms with E-state index in [1.807, 2.05) is 24.3 Å². The molecule has 2 aromatic rings. The topological polar surface area (TPSA) is 84.9 Å². The Hall–Kier alpha value is -2.58. The van der Waals surface area contributed by atoms with Gasteiger partial charge in [-0.3, -0.25) is 4.79 Å². The first kappa shape index (κ1) is 20.2. The van der Waals surface area contributed by atoms with Crippen LogP contribution in [-0.2, 0) is 16.6 Å². The molecule has 7 nitrogen and oxygen atoms in total. The number of methoxy groups -OCH3 is 2. The van der Waals surface area contributed by atoms with Crippen LogP contribution in [0.4, 0.5) is 0 Å². The van der Waals surface area contributed by atoms with Crippen LogP contribution >= 0.6 is 0 Å². The third kappa shape index (κ3) is 4.28. The third-order valence-electron chi connectivity index (χ3n) is 4.73. The Bertz CT molecular complexity index is 936. The molecule has 2 aromatic carbocycles. The highest BCUT2D eigenvalue weighted by molar-refractivity contribution is 7.89. The van der Waals surface area contributed by atoms with Gasteiger partial charge in [0, 0.05) is 19.6 Å². The predicted molar refractivity (Wildman–Crippen MR) is 105 cm³/mol. The van der Waals surface area contributed by atoms with E-state index in [1.165, 1.54) is 29.6 Å². The van der Waals surface area contributed by atoms with E-state index < -0.39 is 15.9 Å². The Balaban J connectivity index is 1.79. The van der Waals surface area contributed by atoms with Crippen LogP contribution in [0.5, 0.6) is 11.5 Å². The van der Waals surface area contributed by atoms with Crippen LogP contribution in [-0.4, -0.2) is 45.9 Å². The van der Waals surface area contributed by atoms with Crippen molar-refractivity contribution in [2.24, 2.45) is 0 Å². The molecular formula is C20H24N2O5S. The van der Waals surface area contributed by atoms with E-state index >= 15 is 0 Å². The summed E-state index contributed by atoms with van der Waals surface area (Å²) in [6.07, 6.45) is 1.70. The molecule has 0 bridgehead atoms. The summed E-state index contributed by atoms with van der Waals surface area (Å²) >= 11 is 0. The van der Waals surface area contributed by atoms with Gasteiger partial charge in [-0.1, -0.05) is 12.1 Å². The highest BCUT2D eigenvalue weighted by Gasteiger charge is 2.28. The molecule has 3 rings (SSSR count). The first-order valence-electron chi connectivity index (χ1n) is 9.05. The number of ether oxygens (including phenoxy) is 2. The molecule has 1 fully saturated rings. The zero-order chi connectivity index (χ0) is 20.1. The number of hydrogen-bond donors (Lipinski definition) is 1. The number of benzene rings is 2. The van der Waals surface area contributed by atoms with Gasteiger partial charge in [-0.15, -0.1) is 0 Å². The summed E-state index contributed by atoms with van der Waals surface area (Å²) in [4.78, 5) is 12.8. The van der Waals surface area contributed by atoms with E-state index in [9.17, 15) is 13.2 Å². The van der Waals surface area contributed by atoms with Crippen molar-refractivity contribution in [1.29, 1.82) is 0 Å². The summed E-state index contributed by atoms with van der Waals surface area (Å²) < 4.78 is 37.4. The highest BCUT2D eigenvalue weighted by atomic mass is 32.2. The van der Waals surface area contributed by atoms with Crippen LogP contribution < -0.4 is 14.8 Å². The standard InChI is InChI=1S/C20H24N2O5S/c1-26-16-7-5-15(6-8-16)14-21-20(23)18-13-17(9-10-19(18)27-2)28(24,25)22-11-3-4-12-22/h5-10,13H,3-4,11-12,14H2,1-2H3,(H,21,23). The van der Waals surface area contributed by atoms with Gasteiger partial charge < -0.3 is 14.8 Å². The smallest absolute Gasteiger partial charge is 0.255 e. The van der Waals surface area contributed by atoms with Crippen LogP contribution in [0.2, 0.25) is 0 Å². The fraction of sp³-hybridized carbons (Fsp3) is 0.350. The van der Waals surface area contributed by atoms with Crippen molar-refractivity contribution >= 4 is 15.9 Å². The molecule has 0 saturated carbocycles. The Kier molecular flexibility index (Phi) is 6.21. The monoisotopic (exact) mass is 404 g/mol. The van der Waals surface area contributed by atoms with Crippen molar-refractivity contribution in [1.82, 2.24) is 9.62 Å². The lowest BCUT2D eigenvalue weighted by Crippen LogP contribution is -2.28. The lowest BCUT2D eigenvalue weighted by atomic mass is 10.1. The van der Waals surface area contributed by atoms with E-state index in [0.717, 1.165) is 24.2 Å². The lowest BCUT2D eigenvalue weighted by molar-refractivity contribution is 0.0947. The van der Waals surface area contributed by atoms with Gasteiger partial charge in [0.05, 0.1) is 24.7 Å². The van der Waals surface area contributed by atoms with Gasteiger partial charge in [-0.2, -0.15) is 4.31 Å². The molecule has 28 heavy (non-hydrogen) atoms. The number of nitrogens with one attached hydrogen (secondary N) is 1. The van der Waals surface area contributed by atoms with E-state index in [2.05, 4.69) is 5.32 Å². The molecule has 0 aliphatic carbocycles. The molecule has 1 heterocycles. The lowest BCUT2D eigenvalue weighted by Gasteiger charge is -2.17. The van der Waals surface area contributed by atoms with Gasteiger partial charge in [0.1, 0.15) is 11.5 Å². The highest BCUT2D eigenvalue weighted by Crippen LogP contribution is 2.26. The normalized spacial score (nSPS) is 14.6. The van der Waals surface area contributed by atoms with E-state index in [4.69, 9.17) is 9.47 Å². The van der Waals surface area contributed by atoms with Gasteiger partial charge in [0.2, 0.25) is 10.0 Å². The molecule has 1 aliphatic rings. The van der Waals surface area contributed by atoms with Crippen molar-refractivity contribution < 1.29 is 22.7 Å². The number of carbonyl (C=O) groups excluding carboxylic acids is 1. The quantitative estimate of drug-likeness (QED) is 0.766. The first-order chi connectivity index (χ1) is 13.5. The number of carbonyl (C=O) groups is 1. The van der Waals surface area contributed by atoms with E-state index in [0.29, 0.717) is 25.4 Å². The number of sulfonamides is 1. The number of hydrogen-bond acceptors (Lipinski definition) is 5. The molecule has 0 unspecified atom stereocenters. The molecule has 1 amide bonds. The summed E-state index contributed by atoms with van der Waals surface area (Å²) in [5.74, 6) is 0.662. The fourth-order valence-corrected chi connectivity index (χ4v) is 4.67. The fourth-order valence-electron chi connectivity index (χ4n) is 3.12. The SMILES string of the molecule is COc1ccc(CNC(=O)c2cc(S(=O)(=O)N3CCCC3)ccc2OC)cc1. The summed E-state index contributed by atoms with van der Waals surface area (Å²) in [6.45, 7) is 1.32. The number of rotatable bonds is 7. The molecule has 1 saturated heterocycles. The Morgan fingerprint density at radius 2 is 1.71 bits per heavy atom. The Labute approximate surface area is 165 Å². The minimum absolute atomic E-state index is 0.102. The van der Waals surface area contributed by atoms with Gasteiger partial charge in [0.15, 0.2) is 0 Å². The third-order valence-corrected chi connectivity index (χ3v) is 6.63. The minimum atomic E-state index is -3.61. The zero-order valence-electron chi connectivity index (χ0n) is 16.0. The average Bonchev–Trinajstić information content (AvgIpc) is 3.27. The van der Waals surface area contributed by atoms with Crippen LogP contribution in [0, 0.1) is 0 Å². The van der Waals surface area contributed by atoms with Crippen molar-refractivity contribution in [3.05, 3.63) is 53.6 Å². The van der Waals surface area contributed by atoms with Crippen LogP contribution in [0.15, 0.2) is 47.4 Å². The van der Waals surface area contributed by atoms with Crippen molar-refractivity contribution in [3.63, 3.8) is 0 Å². The molecule has 8 heteroatoms. The van der Waals surface area contributed by atoms with Crippen LogP contribution in [0.3, 0.4) is 0 Å². The van der Waals surface area contributed by atoms with Crippen LogP contribution in [0.1, 0.15) is 28.8 Å². The Morgan fingerprint density at radius 1 is 1.04 bits per heavy atom. The molecule has 0 radical (unpaired) electrons. The summed E-state index contributed by atoms with van der Waals surface area (Å²) in [5.41, 5.74) is 1.09. The maximum atomic E-state index is 12.8. The van der Waals surface area contributed by atoms with Crippen LogP contribution in [0.25, 0.3) is 0 Å². The van der Waals surface area contributed by atoms with E-state index in [1.54, 1.807) is 7.11 Å². The van der Waals surface area contributed by atoms with Gasteiger partial charge >= 0.3 is 0 Å². The first-order valence-corrected chi connectivity index (χ1v) is 10.5. The summed E-state index contributed by atoms with van der Waals surface area (Å²) in [6, 6.07) is 11.7. The molecule has 150 valence electrons. The molecule has 1 aliphatic heterocycles. The number of amides is 1. The number of nitrogens with zero attached hydrogens (tertiary/aromatic N) is 1. The molecule has 0 atom stereocenters. The van der Waals surface area contributed by atoms with Crippen molar-refractivity contribution in [3.8, 4) is 11.5 Å². The maximum absolute atomic E-state index is 12.8. The van der Waals surface area contributed by atoms with E-state index in [-0.39, 0.29) is 10.5 Å². The second kappa shape index (κ2) is 8.62. The van der Waals surface area contributed by atoms with Gasteiger partial charge in [-0.25, -0.2) is 8.42 Å². The summed E-state index contributed by atoms with van der Waals surface area (Å²) in [5, 5.41) is 2.81. The minimum Gasteiger partial charge on any atom is -0.497 e. The second-order valence-corrected chi connectivity index (χ2v) is 8.44. The second-order valence-electron chi connectivity index (χ2n) is 6.50. The molecular weight excluding hydrogens is 380 g/mol. The van der Waals surface area contributed by atoms with Crippen molar-refractivity contribution in [2.75, 3.05) is 27.3 Å². The molecule has 0 aromatic heterocycles. The largest absolute Gasteiger partial charge is 0.497 e.